The second-order valence-electron chi connectivity index (χ2n) is 5.95. The largest absolute Gasteiger partial charge is 0.480 e. The Morgan fingerprint density at radius 3 is 2.31 bits per heavy atom. The fourth-order valence-corrected chi connectivity index (χ4v) is 3.10. The quantitative estimate of drug-likeness (QED) is 0.154. The summed E-state index contributed by atoms with van der Waals surface area (Å²) < 4.78 is 0. The third kappa shape index (κ3) is 8.74. The van der Waals surface area contributed by atoms with Gasteiger partial charge in [0.2, 0.25) is 11.8 Å². The molecule has 0 aromatic carbocycles. The minimum Gasteiger partial charge on any atom is -0.480 e. The maximum Gasteiger partial charge on any atom is 0.322 e. The average Bonchev–Trinajstić information content (AvgIpc) is 2.97. The molecule has 2 atom stereocenters. The average molecular weight is 430 g/mol. The van der Waals surface area contributed by atoms with Crippen LogP contribution in [0.5, 0.6) is 0 Å². The molecule has 0 radical (unpaired) electrons. The number of aliphatic carboxylic acids is 2. The van der Waals surface area contributed by atoms with Gasteiger partial charge >= 0.3 is 11.9 Å². The van der Waals surface area contributed by atoms with Gasteiger partial charge in [-0.15, -0.1) is 0 Å². The Hall–Kier alpha value is -2.93. The molecule has 0 spiro atoms. The summed E-state index contributed by atoms with van der Waals surface area (Å²) >= 11 is 1.17. The Morgan fingerprint density at radius 1 is 1.14 bits per heavy atom. The summed E-state index contributed by atoms with van der Waals surface area (Å²) in [5.41, 5.74) is 5.32. The van der Waals surface area contributed by atoms with E-state index in [1.807, 2.05) is 0 Å². The molecule has 1 aliphatic rings. The Balaban J connectivity index is 2.53. The van der Waals surface area contributed by atoms with Crippen LogP contribution in [0.15, 0.2) is 12.2 Å². The molecule has 0 aliphatic carbocycles. The highest BCUT2D eigenvalue weighted by molar-refractivity contribution is 7.99. The van der Waals surface area contributed by atoms with Crippen LogP contribution in [0.4, 0.5) is 0 Å². The zero-order chi connectivity index (χ0) is 22.0. The summed E-state index contributed by atoms with van der Waals surface area (Å²) in [5, 5.41) is 21.9. The molecule has 0 aromatic heterocycles. The first kappa shape index (κ1) is 24.1. The first-order valence-electron chi connectivity index (χ1n) is 8.50. The third-order valence-corrected chi connectivity index (χ3v) is 4.75. The lowest BCUT2D eigenvalue weighted by molar-refractivity contribution is -0.139. The van der Waals surface area contributed by atoms with Gasteiger partial charge < -0.3 is 26.6 Å². The van der Waals surface area contributed by atoms with Gasteiger partial charge in [-0.3, -0.25) is 33.7 Å². The number of imide groups is 1. The summed E-state index contributed by atoms with van der Waals surface area (Å²) in [7, 11) is 0. The first-order chi connectivity index (χ1) is 13.6. The van der Waals surface area contributed by atoms with E-state index >= 15 is 0 Å². The smallest absolute Gasteiger partial charge is 0.322 e. The molecule has 13 heteroatoms. The zero-order valence-corrected chi connectivity index (χ0v) is 16.1. The molecule has 0 fully saturated rings. The van der Waals surface area contributed by atoms with Crippen molar-refractivity contribution in [2.45, 2.75) is 24.9 Å². The zero-order valence-electron chi connectivity index (χ0n) is 15.3. The van der Waals surface area contributed by atoms with Gasteiger partial charge in [0.25, 0.3) is 11.8 Å². The van der Waals surface area contributed by atoms with Crippen molar-refractivity contribution in [3.63, 3.8) is 0 Å². The molecule has 1 aliphatic heterocycles. The molecular formula is C16H22N4O8S. The summed E-state index contributed by atoms with van der Waals surface area (Å²) in [6.07, 6.45) is 1.93. The molecule has 6 N–H and O–H groups in total. The van der Waals surface area contributed by atoms with E-state index in [2.05, 4.69) is 10.6 Å². The number of carboxylic acid groups (broad SMARTS) is 2. The lowest BCUT2D eigenvalue weighted by Gasteiger charge is -2.19. The highest BCUT2D eigenvalue weighted by Gasteiger charge is 2.25. The summed E-state index contributed by atoms with van der Waals surface area (Å²) in [6, 6.07) is -2.31. The van der Waals surface area contributed by atoms with Crippen LogP contribution < -0.4 is 16.4 Å². The fraction of sp³-hybridized carbons (Fsp3) is 0.500. The maximum absolute atomic E-state index is 12.1. The number of rotatable bonds is 13. The van der Waals surface area contributed by atoms with Crippen molar-refractivity contribution in [2.24, 2.45) is 5.73 Å². The lowest BCUT2D eigenvalue weighted by atomic mass is 10.1. The SMILES string of the molecule is N[C@@H](CCC(=O)N[C@@H](CSCCN1C(=O)C=CC1=O)C(=O)NCC(=O)O)C(=O)O. The van der Waals surface area contributed by atoms with Crippen molar-refractivity contribution in [1.29, 1.82) is 0 Å². The molecule has 12 nitrogen and oxygen atoms in total. The van der Waals surface area contributed by atoms with Crippen LogP contribution >= 0.6 is 11.8 Å². The van der Waals surface area contributed by atoms with Crippen LogP contribution in [-0.4, -0.2) is 87.4 Å². The number of carboxylic acids is 2. The van der Waals surface area contributed by atoms with E-state index in [-0.39, 0.29) is 25.1 Å². The van der Waals surface area contributed by atoms with Gasteiger partial charge in [-0.1, -0.05) is 0 Å². The minimum absolute atomic E-state index is 0.0474. The summed E-state index contributed by atoms with van der Waals surface area (Å²) in [4.78, 5) is 69.4. The van der Waals surface area contributed by atoms with E-state index in [9.17, 15) is 28.8 Å². The van der Waals surface area contributed by atoms with Crippen molar-refractivity contribution >= 4 is 47.3 Å². The van der Waals surface area contributed by atoms with Crippen LogP contribution in [0.3, 0.4) is 0 Å². The lowest BCUT2D eigenvalue weighted by Crippen LogP contribution is -2.49. The van der Waals surface area contributed by atoms with Gasteiger partial charge in [0, 0.05) is 36.6 Å². The molecule has 29 heavy (non-hydrogen) atoms. The van der Waals surface area contributed by atoms with Crippen LogP contribution in [0.25, 0.3) is 0 Å². The van der Waals surface area contributed by atoms with E-state index < -0.39 is 54.2 Å². The van der Waals surface area contributed by atoms with Gasteiger partial charge in [-0.05, 0) is 6.42 Å². The maximum atomic E-state index is 12.1. The van der Waals surface area contributed by atoms with Crippen molar-refractivity contribution in [1.82, 2.24) is 15.5 Å². The van der Waals surface area contributed by atoms with Gasteiger partial charge in [0.15, 0.2) is 0 Å². The Labute approximate surface area is 169 Å². The molecule has 0 aromatic rings. The predicted octanol–water partition coefficient (Wildman–Crippen LogP) is -2.48. The number of carbonyl (C=O) groups excluding carboxylic acids is 4. The standard InChI is InChI=1S/C16H22N4O8S/c17-9(16(27)28)1-2-11(21)19-10(15(26)18-7-14(24)25)8-29-6-5-20-12(22)3-4-13(20)23/h3-4,9-10H,1-2,5-8,17H2,(H,18,26)(H,19,21)(H,24,25)(H,27,28)/t9-,10-/m0/s1. The highest BCUT2D eigenvalue weighted by atomic mass is 32.2. The summed E-state index contributed by atoms with van der Waals surface area (Å²) in [5.74, 6) is -4.40. The minimum atomic E-state index is -1.26. The number of hydrogen-bond donors (Lipinski definition) is 5. The molecule has 1 heterocycles. The van der Waals surface area contributed by atoms with E-state index in [0.29, 0.717) is 5.75 Å². The van der Waals surface area contributed by atoms with Gasteiger partial charge in [0.05, 0.1) is 0 Å². The fourth-order valence-electron chi connectivity index (χ4n) is 2.15. The normalized spacial score (nSPS) is 15.1. The van der Waals surface area contributed by atoms with Crippen LogP contribution in [0.1, 0.15) is 12.8 Å². The summed E-state index contributed by atoms with van der Waals surface area (Å²) in [6.45, 7) is -0.525. The second-order valence-corrected chi connectivity index (χ2v) is 7.10. The van der Waals surface area contributed by atoms with Crippen molar-refractivity contribution < 1.29 is 39.0 Å². The molecule has 0 bridgehead atoms. The molecule has 0 unspecified atom stereocenters. The van der Waals surface area contributed by atoms with E-state index in [1.165, 1.54) is 11.8 Å². The number of nitrogens with zero attached hydrogens (tertiary/aromatic N) is 1. The highest BCUT2D eigenvalue weighted by Crippen LogP contribution is 2.09. The number of carbonyl (C=O) groups is 6. The molecular weight excluding hydrogens is 408 g/mol. The Morgan fingerprint density at radius 2 is 1.76 bits per heavy atom. The van der Waals surface area contributed by atoms with E-state index in [1.54, 1.807) is 0 Å². The predicted molar refractivity (Wildman–Crippen MR) is 101 cm³/mol. The van der Waals surface area contributed by atoms with E-state index in [0.717, 1.165) is 17.1 Å². The van der Waals surface area contributed by atoms with Crippen molar-refractivity contribution in [3.8, 4) is 0 Å². The molecule has 4 amide bonds. The van der Waals surface area contributed by atoms with E-state index in [4.69, 9.17) is 15.9 Å². The Bertz CT molecular complexity index is 693. The van der Waals surface area contributed by atoms with Crippen LogP contribution in [-0.2, 0) is 28.8 Å². The van der Waals surface area contributed by atoms with Crippen LogP contribution in [0.2, 0.25) is 0 Å². The monoisotopic (exact) mass is 430 g/mol. The van der Waals surface area contributed by atoms with Crippen molar-refractivity contribution in [3.05, 3.63) is 12.2 Å². The number of nitrogens with two attached hydrogens (primary N) is 1. The second kappa shape index (κ2) is 11.8. The number of hydrogen-bond acceptors (Lipinski definition) is 8. The van der Waals surface area contributed by atoms with Gasteiger partial charge in [-0.2, -0.15) is 11.8 Å². The topological polar surface area (TPSA) is 196 Å². The van der Waals surface area contributed by atoms with Gasteiger partial charge in [-0.25, -0.2) is 0 Å². The third-order valence-electron chi connectivity index (χ3n) is 3.71. The number of thioether (sulfide) groups is 1. The van der Waals surface area contributed by atoms with Crippen molar-refractivity contribution in [2.75, 3.05) is 24.6 Å². The molecule has 0 saturated heterocycles. The first-order valence-corrected chi connectivity index (χ1v) is 9.65. The Kier molecular flexibility index (Phi) is 9.82. The molecule has 160 valence electrons. The number of nitrogens with one attached hydrogen (secondary N) is 2. The van der Waals surface area contributed by atoms with Crippen LogP contribution in [0, 0.1) is 0 Å². The molecule has 1 rings (SSSR count). The molecule has 0 saturated carbocycles. The number of amides is 4. The van der Waals surface area contributed by atoms with Gasteiger partial charge in [0.1, 0.15) is 18.6 Å².